The summed E-state index contributed by atoms with van der Waals surface area (Å²) in [7, 11) is 0. The summed E-state index contributed by atoms with van der Waals surface area (Å²) in [6, 6.07) is 9.61. The maximum absolute atomic E-state index is 13.8. The Hall–Kier alpha value is -3.37. The maximum atomic E-state index is 13.8. The van der Waals surface area contributed by atoms with Crippen LogP contribution in [0, 0.1) is 11.6 Å². The summed E-state index contributed by atoms with van der Waals surface area (Å²) in [6.45, 7) is 11.1. The van der Waals surface area contributed by atoms with Crippen molar-refractivity contribution in [2.45, 2.75) is 64.5 Å². The Bertz CT molecular complexity index is 1330. The van der Waals surface area contributed by atoms with E-state index in [0.29, 0.717) is 17.7 Å². The minimum absolute atomic E-state index is 0.109. The average Bonchev–Trinajstić information content (AvgIpc) is 3.36. The van der Waals surface area contributed by atoms with E-state index in [0.717, 1.165) is 47.4 Å². The topological polar surface area (TPSA) is 83.6 Å². The van der Waals surface area contributed by atoms with Gasteiger partial charge in [-0.2, -0.15) is 0 Å². The third-order valence-corrected chi connectivity index (χ3v) is 7.87. The van der Waals surface area contributed by atoms with Gasteiger partial charge in [-0.25, -0.2) is 18.6 Å². The number of urea groups is 1. The van der Waals surface area contributed by atoms with Crippen LogP contribution in [-0.4, -0.2) is 46.1 Å². The molecule has 39 heavy (non-hydrogen) atoms. The van der Waals surface area contributed by atoms with Crippen LogP contribution >= 0.6 is 11.3 Å². The lowest BCUT2D eigenvalue weighted by Gasteiger charge is -2.41. The van der Waals surface area contributed by atoms with Crippen molar-refractivity contribution in [1.82, 2.24) is 9.88 Å². The molecule has 10 heteroatoms. The average molecular weight is 557 g/mol. The molecule has 0 atom stereocenters. The first-order chi connectivity index (χ1) is 18.3. The molecular weight excluding hydrogens is 522 g/mol. The third-order valence-electron chi connectivity index (χ3n) is 6.66. The van der Waals surface area contributed by atoms with E-state index >= 15 is 0 Å². The molecule has 7 nitrogen and oxygen atoms in total. The van der Waals surface area contributed by atoms with Crippen molar-refractivity contribution < 1.29 is 23.1 Å². The van der Waals surface area contributed by atoms with Crippen LogP contribution in [0.2, 0.25) is 0 Å². The molecule has 2 aromatic carbocycles. The Labute approximate surface area is 231 Å². The first kappa shape index (κ1) is 28.6. The number of thiazole rings is 1. The van der Waals surface area contributed by atoms with E-state index in [9.17, 15) is 18.4 Å². The van der Waals surface area contributed by atoms with E-state index in [4.69, 9.17) is 4.74 Å². The van der Waals surface area contributed by atoms with Gasteiger partial charge in [0.25, 0.3) is 0 Å². The number of halogens is 2. The van der Waals surface area contributed by atoms with Crippen molar-refractivity contribution in [3.8, 4) is 10.4 Å². The van der Waals surface area contributed by atoms with Gasteiger partial charge in [-0.05, 0) is 90.4 Å². The molecule has 2 N–H and O–H groups in total. The molecule has 0 aliphatic carbocycles. The first-order valence-electron chi connectivity index (χ1n) is 12.9. The van der Waals surface area contributed by atoms with E-state index in [1.165, 1.54) is 6.07 Å². The Morgan fingerprint density at radius 1 is 1.00 bits per heavy atom. The molecule has 0 bridgehead atoms. The Balaban J connectivity index is 1.32. The number of amides is 2. The molecule has 0 radical (unpaired) electrons. The number of hydrogen-bond acceptors (Lipinski definition) is 6. The van der Waals surface area contributed by atoms with Crippen LogP contribution in [-0.2, 0) is 9.53 Å². The van der Waals surface area contributed by atoms with Gasteiger partial charge in [0.1, 0.15) is 22.8 Å². The highest BCUT2D eigenvalue weighted by molar-refractivity contribution is 7.15. The molecular formula is C29H34F2N4O3S. The number of carbonyl (C=O) groups excluding carboxylic acids is 2. The van der Waals surface area contributed by atoms with Crippen LogP contribution < -0.4 is 10.6 Å². The van der Waals surface area contributed by atoms with Gasteiger partial charge in [-0.15, -0.1) is 11.3 Å². The Morgan fingerprint density at radius 2 is 1.67 bits per heavy atom. The number of carbonyl (C=O) groups is 2. The lowest BCUT2D eigenvalue weighted by atomic mass is 9.92. The fourth-order valence-electron chi connectivity index (χ4n) is 4.42. The van der Waals surface area contributed by atoms with Gasteiger partial charge < -0.3 is 15.4 Å². The van der Waals surface area contributed by atoms with Crippen LogP contribution in [0.1, 0.15) is 58.4 Å². The molecule has 4 rings (SSSR count). The summed E-state index contributed by atoms with van der Waals surface area (Å²) in [5, 5.41) is 6.09. The quantitative estimate of drug-likeness (QED) is 0.319. The number of aromatic nitrogens is 1. The SMILES string of the molecule is CC(C)(C)OC(=O)C(C)(C)N1CCC(c2ncc(-c3ccc(NC(=O)Nc4ccc(F)cc4F)cc3)s2)CC1. The zero-order valence-electron chi connectivity index (χ0n) is 22.8. The highest BCUT2D eigenvalue weighted by Crippen LogP contribution is 2.37. The van der Waals surface area contributed by atoms with E-state index in [1.54, 1.807) is 23.5 Å². The van der Waals surface area contributed by atoms with Gasteiger partial charge >= 0.3 is 12.0 Å². The molecule has 1 fully saturated rings. The summed E-state index contributed by atoms with van der Waals surface area (Å²) in [4.78, 5) is 32.9. The molecule has 2 amide bonds. The molecule has 2 heterocycles. The van der Waals surface area contributed by atoms with Crippen LogP contribution in [0.3, 0.4) is 0 Å². The molecule has 0 unspecified atom stereocenters. The number of esters is 1. The number of benzene rings is 2. The zero-order chi connectivity index (χ0) is 28.4. The molecule has 1 aliphatic rings. The molecule has 0 saturated carbocycles. The molecule has 0 spiro atoms. The number of nitrogens with one attached hydrogen (secondary N) is 2. The van der Waals surface area contributed by atoms with Crippen molar-refractivity contribution in [1.29, 1.82) is 0 Å². The van der Waals surface area contributed by atoms with Crippen molar-refractivity contribution in [3.05, 3.63) is 65.3 Å². The van der Waals surface area contributed by atoms with E-state index in [2.05, 4.69) is 20.5 Å². The van der Waals surface area contributed by atoms with Gasteiger partial charge in [-0.3, -0.25) is 9.69 Å². The highest BCUT2D eigenvalue weighted by atomic mass is 32.1. The second-order valence-corrected chi connectivity index (χ2v) is 12.2. The van der Waals surface area contributed by atoms with E-state index < -0.39 is 28.8 Å². The predicted molar refractivity (Wildman–Crippen MR) is 150 cm³/mol. The molecule has 1 saturated heterocycles. The minimum Gasteiger partial charge on any atom is -0.459 e. The van der Waals surface area contributed by atoms with E-state index in [1.807, 2.05) is 52.9 Å². The van der Waals surface area contributed by atoms with Gasteiger partial charge in [0.2, 0.25) is 0 Å². The molecule has 3 aromatic rings. The minimum atomic E-state index is -0.848. The predicted octanol–water partition coefficient (Wildman–Crippen LogP) is 7.03. The number of rotatable bonds is 6. The summed E-state index contributed by atoms with van der Waals surface area (Å²) < 4.78 is 32.5. The van der Waals surface area contributed by atoms with Gasteiger partial charge in [0.05, 0.1) is 15.6 Å². The summed E-state index contributed by atoms with van der Waals surface area (Å²) in [5.41, 5.74) is 0.184. The highest BCUT2D eigenvalue weighted by Gasteiger charge is 2.40. The molecule has 1 aromatic heterocycles. The number of nitrogens with zero attached hydrogens (tertiary/aromatic N) is 2. The zero-order valence-corrected chi connectivity index (χ0v) is 23.6. The lowest BCUT2D eigenvalue weighted by Crippen LogP contribution is -2.54. The van der Waals surface area contributed by atoms with Gasteiger partial charge in [0, 0.05) is 23.9 Å². The monoisotopic (exact) mass is 556 g/mol. The summed E-state index contributed by atoms with van der Waals surface area (Å²) in [5.74, 6) is -1.44. The first-order valence-corrected chi connectivity index (χ1v) is 13.7. The largest absolute Gasteiger partial charge is 0.459 e. The lowest BCUT2D eigenvalue weighted by molar-refractivity contribution is -0.168. The van der Waals surface area contributed by atoms with Gasteiger partial charge in [0.15, 0.2) is 0 Å². The fourth-order valence-corrected chi connectivity index (χ4v) is 5.51. The van der Waals surface area contributed by atoms with Crippen LogP contribution in [0.4, 0.5) is 25.0 Å². The van der Waals surface area contributed by atoms with Crippen molar-refractivity contribution in [2.24, 2.45) is 0 Å². The summed E-state index contributed by atoms with van der Waals surface area (Å²) >= 11 is 1.65. The number of likely N-dealkylation sites (tertiary alicyclic amines) is 1. The van der Waals surface area contributed by atoms with Crippen LogP contribution in [0.25, 0.3) is 10.4 Å². The normalized spacial score (nSPS) is 15.2. The van der Waals surface area contributed by atoms with Crippen molar-refractivity contribution in [2.75, 3.05) is 23.7 Å². The van der Waals surface area contributed by atoms with Crippen molar-refractivity contribution >= 4 is 34.7 Å². The number of anilines is 2. The fraction of sp³-hybridized carbons (Fsp3) is 0.414. The van der Waals surface area contributed by atoms with E-state index in [-0.39, 0.29) is 11.7 Å². The molecule has 208 valence electrons. The second kappa shape index (κ2) is 11.4. The smallest absolute Gasteiger partial charge is 0.326 e. The van der Waals surface area contributed by atoms with Crippen molar-refractivity contribution in [3.63, 3.8) is 0 Å². The summed E-state index contributed by atoms with van der Waals surface area (Å²) in [6.07, 6.45) is 3.68. The van der Waals surface area contributed by atoms with Crippen LogP contribution in [0.15, 0.2) is 48.7 Å². The van der Waals surface area contributed by atoms with Crippen LogP contribution in [0.5, 0.6) is 0 Å². The number of ether oxygens (including phenoxy) is 1. The number of piperidine rings is 1. The number of hydrogen-bond donors (Lipinski definition) is 2. The maximum Gasteiger partial charge on any atom is 0.326 e. The standard InChI is InChI=1S/C29H34F2N4O3S/c1-28(2,3)38-26(36)29(4,5)35-14-12-19(13-15-35)25-32-17-24(39-25)18-6-9-21(10-7-18)33-27(37)34-23-11-8-20(30)16-22(23)31/h6-11,16-17,19H,12-15H2,1-5H3,(H2,33,34,37). The Morgan fingerprint density at radius 3 is 2.28 bits per heavy atom. The molecule has 1 aliphatic heterocycles. The Kier molecular flexibility index (Phi) is 8.37. The second-order valence-electron chi connectivity index (χ2n) is 11.2. The van der Waals surface area contributed by atoms with Gasteiger partial charge in [-0.1, -0.05) is 12.1 Å². The third kappa shape index (κ3) is 7.19.